The molecule has 0 aromatic carbocycles. The molecule has 0 bridgehead atoms. The van der Waals surface area contributed by atoms with Gasteiger partial charge in [0, 0.05) is 12.4 Å². The SMILES string of the molecule is Cc1cc(S(=O)(=O)Nc2ccncc2Br)sc1C(=O)O. The van der Waals surface area contributed by atoms with E-state index >= 15 is 0 Å². The molecule has 0 amide bonds. The molecular weight excluding hydrogens is 368 g/mol. The van der Waals surface area contributed by atoms with Gasteiger partial charge in [-0.15, -0.1) is 11.3 Å². The number of hydrogen-bond acceptors (Lipinski definition) is 5. The Bertz CT molecular complexity index is 770. The van der Waals surface area contributed by atoms with E-state index in [0.717, 1.165) is 11.3 Å². The molecule has 0 aliphatic carbocycles. The van der Waals surface area contributed by atoms with Crippen molar-refractivity contribution in [1.82, 2.24) is 4.98 Å². The summed E-state index contributed by atoms with van der Waals surface area (Å²) in [6, 6.07) is 2.84. The molecule has 0 unspecified atom stereocenters. The first-order valence-electron chi connectivity index (χ1n) is 5.27. The number of anilines is 1. The molecule has 0 spiro atoms. The molecule has 2 aromatic rings. The predicted molar refractivity (Wildman–Crippen MR) is 78.8 cm³/mol. The largest absolute Gasteiger partial charge is 0.477 e. The zero-order chi connectivity index (χ0) is 14.9. The van der Waals surface area contributed by atoms with Crippen LogP contribution in [0.2, 0.25) is 0 Å². The first-order chi connectivity index (χ1) is 9.31. The summed E-state index contributed by atoms with van der Waals surface area (Å²) in [5, 5.41) is 8.96. The number of thiophene rings is 1. The second kappa shape index (κ2) is 5.51. The first kappa shape index (κ1) is 14.9. The van der Waals surface area contributed by atoms with Gasteiger partial charge in [0.2, 0.25) is 0 Å². The van der Waals surface area contributed by atoms with Crippen LogP contribution in [0.1, 0.15) is 15.2 Å². The minimum absolute atomic E-state index is 0.0131. The third-order valence-electron chi connectivity index (χ3n) is 2.37. The van der Waals surface area contributed by atoms with E-state index in [1.807, 2.05) is 0 Å². The van der Waals surface area contributed by atoms with Crippen molar-refractivity contribution in [3.8, 4) is 0 Å². The highest BCUT2D eigenvalue weighted by molar-refractivity contribution is 9.10. The van der Waals surface area contributed by atoms with Gasteiger partial charge in [-0.25, -0.2) is 13.2 Å². The molecule has 0 saturated carbocycles. The van der Waals surface area contributed by atoms with Crippen molar-refractivity contribution in [1.29, 1.82) is 0 Å². The van der Waals surface area contributed by atoms with Crippen LogP contribution in [0.4, 0.5) is 5.69 Å². The number of sulfonamides is 1. The van der Waals surface area contributed by atoms with Crippen LogP contribution < -0.4 is 4.72 Å². The highest BCUT2D eigenvalue weighted by atomic mass is 79.9. The molecule has 0 aliphatic heterocycles. The minimum atomic E-state index is -3.82. The van der Waals surface area contributed by atoms with Crippen LogP contribution in [0.25, 0.3) is 0 Å². The van der Waals surface area contributed by atoms with Gasteiger partial charge >= 0.3 is 5.97 Å². The fourth-order valence-corrected chi connectivity index (χ4v) is 4.39. The minimum Gasteiger partial charge on any atom is -0.477 e. The lowest BCUT2D eigenvalue weighted by Gasteiger charge is -2.07. The number of carboxylic acid groups (broad SMARTS) is 1. The van der Waals surface area contributed by atoms with Gasteiger partial charge in [-0.3, -0.25) is 9.71 Å². The Morgan fingerprint density at radius 1 is 1.50 bits per heavy atom. The number of carbonyl (C=O) groups is 1. The molecule has 2 heterocycles. The van der Waals surface area contributed by atoms with Crippen LogP contribution >= 0.6 is 27.3 Å². The average molecular weight is 377 g/mol. The summed E-state index contributed by atoms with van der Waals surface area (Å²) in [4.78, 5) is 14.8. The van der Waals surface area contributed by atoms with Crippen molar-refractivity contribution in [3.63, 3.8) is 0 Å². The predicted octanol–water partition coefficient (Wildman–Crippen LogP) is 2.71. The van der Waals surface area contributed by atoms with Gasteiger partial charge in [0.25, 0.3) is 10.0 Å². The summed E-state index contributed by atoms with van der Waals surface area (Å²) in [6.07, 6.45) is 2.91. The maximum Gasteiger partial charge on any atom is 0.346 e. The van der Waals surface area contributed by atoms with Crippen molar-refractivity contribution >= 4 is 48.9 Å². The van der Waals surface area contributed by atoms with Crippen molar-refractivity contribution in [2.75, 3.05) is 4.72 Å². The molecule has 20 heavy (non-hydrogen) atoms. The number of aromatic nitrogens is 1. The normalized spacial score (nSPS) is 11.3. The van der Waals surface area contributed by atoms with Gasteiger partial charge < -0.3 is 5.11 Å². The smallest absolute Gasteiger partial charge is 0.346 e. The topological polar surface area (TPSA) is 96.4 Å². The number of halogens is 1. The third-order valence-corrected chi connectivity index (χ3v) is 6.07. The molecule has 0 radical (unpaired) electrons. The number of nitrogens with one attached hydrogen (secondary N) is 1. The average Bonchev–Trinajstić information content (AvgIpc) is 2.75. The van der Waals surface area contributed by atoms with Crippen LogP contribution in [-0.4, -0.2) is 24.5 Å². The molecule has 9 heteroatoms. The van der Waals surface area contributed by atoms with Crippen molar-refractivity contribution in [2.24, 2.45) is 0 Å². The lowest BCUT2D eigenvalue weighted by molar-refractivity contribution is 0.0701. The van der Waals surface area contributed by atoms with Gasteiger partial charge in [-0.2, -0.15) is 0 Å². The number of carboxylic acids is 1. The van der Waals surface area contributed by atoms with E-state index in [0.29, 0.717) is 15.7 Å². The third kappa shape index (κ3) is 3.00. The Labute approximate surface area is 127 Å². The van der Waals surface area contributed by atoms with E-state index < -0.39 is 16.0 Å². The molecule has 6 nitrogen and oxygen atoms in total. The van der Waals surface area contributed by atoms with Gasteiger partial charge in [-0.1, -0.05) is 0 Å². The summed E-state index contributed by atoms with van der Waals surface area (Å²) in [7, 11) is -3.82. The molecule has 2 rings (SSSR count). The summed E-state index contributed by atoms with van der Waals surface area (Å²) in [5.74, 6) is -1.14. The van der Waals surface area contributed by atoms with E-state index in [1.54, 1.807) is 6.92 Å². The molecule has 0 fully saturated rings. The Hall–Kier alpha value is -1.45. The second-order valence-electron chi connectivity index (χ2n) is 3.84. The quantitative estimate of drug-likeness (QED) is 0.854. The van der Waals surface area contributed by atoms with Gasteiger partial charge in [0.05, 0.1) is 10.2 Å². The highest BCUT2D eigenvalue weighted by Crippen LogP contribution is 2.29. The summed E-state index contributed by atoms with van der Waals surface area (Å²) in [6.45, 7) is 1.56. The molecule has 2 aromatic heterocycles. The Balaban J connectivity index is 2.39. The van der Waals surface area contributed by atoms with E-state index in [2.05, 4.69) is 25.6 Å². The maximum atomic E-state index is 12.2. The first-order valence-corrected chi connectivity index (χ1v) is 8.36. The number of aryl methyl sites for hydroxylation is 1. The number of nitrogens with zero attached hydrogens (tertiary/aromatic N) is 1. The van der Waals surface area contributed by atoms with Gasteiger partial charge in [-0.05, 0) is 40.5 Å². The second-order valence-corrected chi connectivity index (χ2v) is 7.66. The number of hydrogen-bond donors (Lipinski definition) is 2. The standard InChI is InChI=1S/C11H9BrN2O4S2/c1-6-4-9(19-10(6)11(15)16)20(17,18)14-8-2-3-13-5-7(8)12/h2-5H,1H3,(H,13,14)(H,15,16). The van der Waals surface area contributed by atoms with Crippen LogP contribution in [-0.2, 0) is 10.0 Å². The maximum absolute atomic E-state index is 12.2. The van der Waals surface area contributed by atoms with Gasteiger partial charge in [0.1, 0.15) is 9.09 Å². The molecule has 2 N–H and O–H groups in total. The van der Waals surface area contributed by atoms with E-state index in [-0.39, 0.29) is 9.09 Å². The Kier molecular flexibility index (Phi) is 4.11. The monoisotopic (exact) mass is 376 g/mol. The van der Waals surface area contributed by atoms with Crippen LogP contribution in [0.15, 0.2) is 33.2 Å². The van der Waals surface area contributed by atoms with Crippen molar-refractivity contribution in [3.05, 3.63) is 39.4 Å². The van der Waals surface area contributed by atoms with Crippen LogP contribution in [0.3, 0.4) is 0 Å². The molecule has 0 saturated heterocycles. The molecule has 0 aliphatic rings. The molecule has 106 valence electrons. The van der Waals surface area contributed by atoms with Crippen LogP contribution in [0, 0.1) is 6.92 Å². The van der Waals surface area contributed by atoms with E-state index in [1.165, 1.54) is 24.5 Å². The summed E-state index contributed by atoms with van der Waals surface area (Å²) in [5.41, 5.74) is 0.750. The van der Waals surface area contributed by atoms with E-state index in [4.69, 9.17) is 5.11 Å². The van der Waals surface area contributed by atoms with E-state index in [9.17, 15) is 13.2 Å². The highest BCUT2D eigenvalue weighted by Gasteiger charge is 2.22. The number of pyridine rings is 1. The zero-order valence-electron chi connectivity index (χ0n) is 10.1. The van der Waals surface area contributed by atoms with Crippen molar-refractivity contribution < 1.29 is 18.3 Å². The zero-order valence-corrected chi connectivity index (χ0v) is 13.3. The Morgan fingerprint density at radius 3 is 2.75 bits per heavy atom. The molecule has 0 atom stereocenters. The van der Waals surface area contributed by atoms with Gasteiger partial charge in [0.15, 0.2) is 0 Å². The summed E-state index contributed by atoms with van der Waals surface area (Å²) < 4.78 is 27.2. The van der Waals surface area contributed by atoms with Crippen molar-refractivity contribution in [2.45, 2.75) is 11.1 Å². The fraction of sp³-hybridized carbons (Fsp3) is 0.0909. The number of rotatable bonds is 4. The Morgan fingerprint density at radius 2 is 2.20 bits per heavy atom. The summed E-state index contributed by atoms with van der Waals surface area (Å²) >= 11 is 3.90. The number of aromatic carboxylic acids is 1. The lowest BCUT2D eigenvalue weighted by Crippen LogP contribution is -2.11. The molecular formula is C11H9BrN2O4S2. The lowest BCUT2D eigenvalue weighted by atomic mass is 10.3. The fourth-order valence-electron chi connectivity index (χ4n) is 1.45. The van der Waals surface area contributed by atoms with Crippen LogP contribution in [0.5, 0.6) is 0 Å².